The molecule has 0 spiro atoms. The van der Waals surface area contributed by atoms with Crippen LogP contribution >= 0.6 is 11.8 Å². The number of piperazine rings is 1. The molecule has 0 radical (unpaired) electrons. The number of nitrogen functional groups attached to an aromatic ring is 1. The molecule has 1 saturated heterocycles. The van der Waals surface area contributed by atoms with E-state index in [0.29, 0.717) is 37.3 Å². The van der Waals surface area contributed by atoms with Gasteiger partial charge < -0.3 is 15.5 Å². The third-order valence-corrected chi connectivity index (χ3v) is 4.55. The molecular formula is C15H16N8OS. The van der Waals surface area contributed by atoms with Crippen molar-refractivity contribution in [3.8, 4) is 6.07 Å². The Bertz CT molecular complexity index is 786. The smallest absolute Gasteiger partial charge is 0.233 e. The van der Waals surface area contributed by atoms with E-state index in [0.717, 1.165) is 0 Å². The first-order chi connectivity index (χ1) is 12.2. The maximum absolute atomic E-state index is 12.3. The van der Waals surface area contributed by atoms with Crippen molar-refractivity contribution in [1.82, 2.24) is 24.8 Å². The summed E-state index contributed by atoms with van der Waals surface area (Å²) in [5.74, 6) is 1.06. The minimum absolute atomic E-state index is 0.0187. The van der Waals surface area contributed by atoms with E-state index >= 15 is 0 Å². The predicted molar refractivity (Wildman–Crippen MR) is 92.7 cm³/mol. The zero-order valence-corrected chi connectivity index (χ0v) is 14.2. The summed E-state index contributed by atoms with van der Waals surface area (Å²) in [6.07, 6.45) is 4.79. The standard InChI is InChI=1S/C15H16N8OS/c16-8-11-9-20-15(21-13(11)17)25-10-12(24)22-4-6-23(7-5-22)14-18-2-1-3-19-14/h1-3,9H,4-7,10H2,(H2,17,20,21). The number of carbonyl (C=O) groups excluding carboxylic acids is 1. The molecule has 9 nitrogen and oxygen atoms in total. The molecule has 0 aliphatic carbocycles. The molecule has 1 aliphatic rings. The molecule has 0 bridgehead atoms. The monoisotopic (exact) mass is 356 g/mol. The van der Waals surface area contributed by atoms with E-state index in [4.69, 9.17) is 11.0 Å². The van der Waals surface area contributed by atoms with Crippen LogP contribution in [0.15, 0.2) is 29.8 Å². The molecule has 0 aromatic carbocycles. The molecule has 25 heavy (non-hydrogen) atoms. The quantitative estimate of drug-likeness (QED) is 0.602. The normalized spacial score (nSPS) is 14.2. The number of anilines is 2. The lowest BCUT2D eigenvalue weighted by Gasteiger charge is -2.34. The van der Waals surface area contributed by atoms with Gasteiger partial charge in [-0.3, -0.25) is 4.79 Å². The minimum atomic E-state index is 0.0187. The molecule has 0 saturated carbocycles. The van der Waals surface area contributed by atoms with Gasteiger partial charge in [0.2, 0.25) is 11.9 Å². The number of rotatable bonds is 4. The Labute approximate surface area is 148 Å². The Morgan fingerprint density at radius 1 is 1.24 bits per heavy atom. The van der Waals surface area contributed by atoms with Crippen LogP contribution in [0.2, 0.25) is 0 Å². The number of hydrogen-bond acceptors (Lipinski definition) is 9. The first kappa shape index (κ1) is 16.9. The predicted octanol–water partition coefficient (Wildman–Crippen LogP) is 0.161. The second-order valence-corrected chi connectivity index (χ2v) is 6.21. The van der Waals surface area contributed by atoms with Crippen LogP contribution in [0, 0.1) is 11.3 Å². The van der Waals surface area contributed by atoms with Crippen molar-refractivity contribution in [2.45, 2.75) is 5.16 Å². The highest BCUT2D eigenvalue weighted by Crippen LogP contribution is 2.17. The Hall–Kier alpha value is -2.93. The molecule has 3 heterocycles. The van der Waals surface area contributed by atoms with Crippen molar-refractivity contribution >= 4 is 29.4 Å². The van der Waals surface area contributed by atoms with Gasteiger partial charge in [-0.25, -0.2) is 19.9 Å². The fourth-order valence-corrected chi connectivity index (χ4v) is 3.09. The number of aromatic nitrogens is 4. The van der Waals surface area contributed by atoms with Crippen LogP contribution in [0.1, 0.15) is 5.56 Å². The number of amides is 1. The molecule has 128 valence electrons. The minimum Gasteiger partial charge on any atom is -0.382 e. The Morgan fingerprint density at radius 3 is 2.60 bits per heavy atom. The SMILES string of the molecule is N#Cc1cnc(SCC(=O)N2CCN(c3ncccn3)CC2)nc1N. The van der Waals surface area contributed by atoms with Gasteiger partial charge in [-0.1, -0.05) is 11.8 Å². The number of thioether (sulfide) groups is 1. The van der Waals surface area contributed by atoms with E-state index in [1.165, 1.54) is 18.0 Å². The summed E-state index contributed by atoms with van der Waals surface area (Å²) in [5.41, 5.74) is 5.88. The molecular weight excluding hydrogens is 340 g/mol. The molecule has 1 aliphatic heterocycles. The number of nitrogens with two attached hydrogens (primary N) is 1. The van der Waals surface area contributed by atoms with Crippen LogP contribution in [-0.2, 0) is 4.79 Å². The number of carbonyl (C=O) groups is 1. The fraction of sp³-hybridized carbons (Fsp3) is 0.333. The fourth-order valence-electron chi connectivity index (χ4n) is 2.36. The van der Waals surface area contributed by atoms with Crippen molar-refractivity contribution < 1.29 is 4.79 Å². The first-order valence-electron chi connectivity index (χ1n) is 7.62. The second kappa shape index (κ2) is 7.76. The van der Waals surface area contributed by atoms with E-state index in [1.54, 1.807) is 23.4 Å². The summed E-state index contributed by atoms with van der Waals surface area (Å²) in [6, 6.07) is 3.68. The number of hydrogen-bond donors (Lipinski definition) is 1. The Kier molecular flexibility index (Phi) is 5.25. The Balaban J connectivity index is 1.50. The van der Waals surface area contributed by atoms with E-state index in [-0.39, 0.29) is 23.0 Å². The molecule has 2 aromatic rings. The van der Waals surface area contributed by atoms with Gasteiger partial charge in [-0.2, -0.15) is 5.26 Å². The van der Waals surface area contributed by atoms with Crippen LogP contribution in [0.3, 0.4) is 0 Å². The highest BCUT2D eigenvalue weighted by molar-refractivity contribution is 7.99. The maximum Gasteiger partial charge on any atom is 0.233 e. The number of nitrogens with zero attached hydrogens (tertiary/aromatic N) is 7. The van der Waals surface area contributed by atoms with Crippen molar-refractivity contribution in [2.24, 2.45) is 0 Å². The molecule has 1 amide bonds. The summed E-state index contributed by atoms with van der Waals surface area (Å²) in [7, 11) is 0. The molecule has 0 unspecified atom stereocenters. The van der Waals surface area contributed by atoms with Crippen LogP contribution in [0.25, 0.3) is 0 Å². The zero-order valence-electron chi connectivity index (χ0n) is 13.4. The third kappa shape index (κ3) is 4.13. The summed E-state index contributed by atoms with van der Waals surface area (Å²) in [5, 5.41) is 9.20. The van der Waals surface area contributed by atoms with E-state index in [1.807, 2.05) is 6.07 Å². The van der Waals surface area contributed by atoms with E-state index in [9.17, 15) is 4.79 Å². The lowest BCUT2D eigenvalue weighted by Crippen LogP contribution is -2.49. The van der Waals surface area contributed by atoms with Gasteiger partial charge >= 0.3 is 0 Å². The lowest BCUT2D eigenvalue weighted by molar-refractivity contribution is -0.128. The largest absolute Gasteiger partial charge is 0.382 e. The molecule has 0 atom stereocenters. The van der Waals surface area contributed by atoms with Crippen molar-refractivity contribution in [3.63, 3.8) is 0 Å². The average Bonchev–Trinajstić information content (AvgIpc) is 2.67. The average molecular weight is 356 g/mol. The first-order valence-corrected chi connectivity index (χ1v) is 8.61. The van der Waals surface area contributed by atoms with E-state index in [2.05, 4.69) is 24.8 Å². The molecule has 1 fully saturated rings. The molecule has 2 aromatic heterocycles. The lowest BCUT2D eigenvalue weighted by atomic mass is 10.3. The van der Waals surface area contributed by atoms with Crippen LogP contribution in [0.5, 0.6) is 0 Å². The van der Waals surface area contributed by atoms with Crippen LogP contribution < -0.4 is 10.6 Å². The molecule has 2 N–H and O–H groups in total. The van der Waals surface area contributed by atoms with Crippen molar-refractivity contribution in [1.29, 1.82) is 5.26 Å². The summed E-state index contributed by atoms with van der Waals surface area (Å²) >= 11 is 1.21. The van der Waals surface area contributed by atoms with Gasteiger partial charge in [-0.15, -0.1) is 0 Å². The second-order valence-electron chi connectivity index (χ2n) is 5.27. The van der Waals surface area contributed by atoms with Gasteiger partial charge in [0, 0.05) is 38.6 Å². The highest BCUT2D eigenvalue weighted by atomic mass is 32.2. The summed E-state index contributed by atoms with van der Waals surface area (Å²) in [4.78, 5) is 32.7. The summed E-state index contributed by atoms with van der Waals surface area (Å²) in [6.45, 7) is 2.63. The van der Waals surface area contributed by atoms with Gasteiger partial charge in [0.15, 0.2) is 5.16 Å². The van der Waals surface area contributed by atoms with Crippen molar-refractivity contribution in [2.75, 3.05) is 42.6 Å². The van der Waals surface area contributed by atoms with Crippen LogP contribution in [0.4, 0.5) is 11.8 Å². The molecule has 10 heteroatoms. The Morgan fingerprint density at radius 2 is 1.96 bits per heavy atom. The van der Waals surface area contributed by atoms with Gasteiger partial charge in [0.25, 0.3) is 0 Å². The topological polar surface area (TPSA) is 125 Å². The van der Waals surface area contributed by atoms with E-state index < -0.39 is 0 Å². The van der Waals surface area contributed by atoms with Gasteiger partial charge in [0.1, 0.15) is 17.5 Å². The van der Waals surface area contributed by atoms with Crippen molar-refractivity contribution in [3.05, 3.63) is 30.2 Å². The highest BCUT2D eigenvalue weighted by Gasteiger charge is 2.22. The summed E-state index contributed by atoms with van der Waals surface area (Å²) < 4.78 is 0. The zero-order chi connectivity index (χ0) is 17.6. The third-order valence-electron chi connectivity index (χ3n) is 3.71. The van der Waals surface area contributed by atoms with Gasteiger partial charge in [0.05, 0.1) is 11.9 Å². The number of nitriles is 1. The molecule has 3 rings (SSSR count). The maximum atomic E-state index is 12.3. The van der Waals surface area contributed by atoms with Crippen LogP contribution in [-0.4, -0.2) is 62.7 Å². The van der Waals surface area contributed by atoms with Gasteiger partial charge in [-0.05, 0) is 6.07 Å².